The molecule has 0 aliphatic heterocycles. The molecule has 2 aromatic carbocycles. The molecule has 2 rings (SSSR count). The molecule has 13 heavy (non-hydrogen) atoms. The van der Waals surface area contributed by atoms with Crippen molar-refractivity contribution in [1.82, 2.24) is 0 Å². The Hall–Kier alpha value is -0.0538. The summed E-state index contributed by atoms with van der Waals surface area (Å²) in [6.07, 6.45) is 0. The molecule has 64 valence electrons. The molecule has 0 aliphatic rings. The third-order valence-corrected chi connectivity index (χ3v) is 2.62. The Balaban J connectivity index is 0. The van der Waals surface area contributed by atoms with Gasteiger partial charge in [0.15, 0.2) is 0 Å². The van der Waals surface area contributed by atoms with Crippen LogP contribution in [0.15, 0.2) is 42.5 Å². The monoisotopic (exact) mass is 246 g/mol. The van der Waals surface area contributed by atoms with E-state index < -0.39 is 0 Å². The van der Waals surface area contributed by atoms with Gasteiger partial charge in [0.25, 0.3) is 0 Å². The second kappa shape index (κ2) is 4.98. The Labute approximate surface area is 106 Å². The minimum absolute atomic E-state index is 0. The molecule has 0 saturated heterocycles. The van der Waals surface area contributed by atoms with E-state index in [9.17, 15) is 0 Å². The third-order valence-electron chi connectivity index (χ3n) is 1.97. The van der Waals surface area contributed by atoms with Gasteiger partial charge in [0, 0.05) is 5.33 Å². The number of hydrogen-bond donors (Lipinski definition) is 0. The van der Waals surface area contributed by atoms with Crippen molar-refractivity contribution >= 4 is 49.8 Å². The fourth-order valence-electron chi connectivity index (χ4n) is 1.32. The molecule has 0 fully saturated rings. The quantitative estimate of drug-likeness (QED) is 0.534. The zero-order valence-corrected chi connectivity index (χ0v) is 10.3. The molecule has 0 amide bonds. The number of benzene rings is 2. The van der Waals surface area contributed by atoms with E-state index in [0.717, 1.165) is 5.33 Å². The third kappa shape index (κ3) is 2.45. The summed E-state index contributed by atoms with van der Waals surface area (Å²) in [5, 5.41) is 3.55. The van der Waals surface area contributed by atoms with Gasteiger partial charge >= 0.3 is 23.1 Å². The largest absolute Gasteiger partial charge is 2.00 e. The first kappa shape index (κ1) is 11.0. The van der Waals surface area contributed by atoms with Crippen LogP contribution in [0.3, 0.4) is 0 Å². The minimum atomic E-state index is 0. The van der Waals surface area contributed by atoms with Gasteiger partial charge in [-0.15, -0.1) is 0 Å². The average Bonchev–Trinajstić information content (AvgIpc) is 2.17. The summed E-state index contributed by atoms with van der Waals surface area (Å²) >= 11 is 3.44. The Kier molecular flexibility index (Phi) is 4.23. The molecular formula is C11H11BrMg. The van der Waals surface area contributed by atoms with Crippen LogP contribution in [0.2, 0.25) is 0 Å². The van der Waals surface area contributed by atoms with Gasteiger partial charge in [0.05, 0.1) is 0 Å². The number of rotatable bonds is 1. The summed E-state index contributed by atoms with van der Waals surface area (Å²) in [4.78, 5) is 0. The van der Waals surface area contributed by atoms with Gasteiger partial charge in [-0.3, -0.25) is 0 Å². The van der Waals surface area contributed by atoms with Crippen LogP contribution in [0, 0.1) is 0 Å². The Morgan fingerprint density at radius 1 is 1.00 bits per heavy atom. The van der Waals surface area contributed by atoms with Crippen LogP contribution in [0.4, 0.5) is 0 Å². The van der Waals surface area contributed by atoms with Crippen molar-refractivity contribution in [3.8, 4) is 0 Å². The molecule has 0 heterocycles. The maximum atomic E-state index is 3.44. The van der Waals surface area contributed by atoms with Gasteiger partial charge in [-0.1, -0.05) is 58.4 Å². The topological polar surface area (TPSA) is 0 Å². The summed E-state index contributed by atoms with van der Waals surface area (Å²) in [5.41, 5.74) is 1.33. The second-order valence-corrected chi connectivity index (χ2v) is 3.38. The maximum absolute atomic E-state index is 3.44. The van der Waals surface area contributed by atoms with E-state index in [0.29, 0.717) is 0 Å². The molecule has 0 saturated carbocycles. The molecule has 0 aromatic heterocycles. The molecule has 0 N–H and O–H groups in total. The van der Waals surface area contributed by atoms with E-state index in [1.807, 2.05) is 0 Å². The van der Waals surface area contributed by atoms with Crippen molar-refractivity contribution < 1.29 is 2.85 Å². The van der Waals surface area contributed by atoms with Gasteiger partial charge in [-0.25, -0.2) is 0 Å². The Morgan fingerprint density at radius 3 is 2.38 bits per heavy atom. The molecule has 0 spiro atoms. The van der Waals surface area contributed by atoms with Gasteiger partial charge in [0.2, 0.25) is 0 Å². The predicted molar refractivity (Wildman–Crippen MR) is 64.6 cm³/mol. The standard InChI is InChI=1S/C11H9Br.Mg.2H/c12-8-9-5-6-10-3-1-2-4-11(10)7-9;;;/h1-7H,8H2;;;/q;+2;2*-1. The van der Waals surface area contributed by atoms with E-state index >= 15 is 0 Å². The second-order valence-electron chi connectivity index (χ2n) is 2.82. The van der Waals surface area contributed by atoms with Crippen molar-refractivity contribution in [3.05, 3.63) is 48.0 Å². The van der Waals surface area contributed by atoms with Crippen molar-refractivity contribution in [2.75, 3.05) is 0 Å². The van der Waals surface area contributed by atoms with Gasteiger partial charge in [-0.2, -0.15) is 0 Å². The molecule has 0 bridgehead atoms. The van der Waals surface area contributed by atoms with E-state index in [1.54, 1.807) is 0 Å². The molecule has 0 radical (unpaired) electrons. The summed E-state index contributed by atoms with van der Waals surface area (Å²) in [7, 11) is 0. The Morgan fingerprint density at radius 2 is 1.69 bits per heavy atom. The summed E-state index contributed by atoms with van der Waals surface area (Å²) < 4.78 is 0. The first-order valence-corrected chi connectivity index (χ1v) is 5.06. The molecule has 2 aromatic rings. The maximum Gasteiger partial charge on any atom is 2.00 e. The first-order chi connectivity index (χ1) is 5.90. The van der Waals surface area contributed by atoms with Gasteiger partial charge in [0.1, 0.15) is 0 Å². The molecule has 2 heteroatoms. The molecule has 0 unspecified atom stereocenters. The fraction of sp³-hybridized carbons (Fsp3) is 0.0909. The van der Waals surface area contributed by atoms with Crippen molar-refractivity contribution in [2.24, 2.45) is 0 Å². The zero-order valence-electron chi connectivity index (χ0n) is 9.33. The number of fused-ring (bicyclic) bond motifs is 1. The van der Waals surface area contributed by atoms with Crippen molar-refractivity contribution in [1.29, 1.82) is 0 Å². The van der Waals surface area contributed by atoms with Crippen LogP contribution in [0.1, 0.15) is 8.42 Å². The number of alkyl halides is 1. The Bertz CT molecular complexity index is 406. The molecule has 0 aliphatic carbocycles. The van der Waals surface area contributed by atoms with Gasteiger partial charge in [-0.05, 0) is 16.3 Å². The number of halogens is 1. The van der Waals surface area contributed by atoms with Crippen LogP contribution < -0.4 is 0 Å². The van der Waals surface area contributed by atoms with E-state index in [1.165, 1.54) is 16.3 Å². The van der Waals surface area contributed by atoms with E-state index in [4.69, 9.17) is 0 Å². The SMILES string of the molecule is BrCc1ccc2ccccc2c1.[H-].[H-].[Mg+2]. The predicted octanol–water partition coefficient (Wildman–Crippen LogP) is 3.58. The van der Waals surface area contributed by atoms with Crippen LogP contribution in [0.5, 0.6) is 0 Å². The van der Waals surface area contributed by atoms with Crippen molar-refractivity contribution in [3.63, 3.8) is 0 Å². The zero-order chi connectivity index (χ0) is 8.39. The first-order valence-electron chi connectivity index (χ1n) is 3.94. The van der Waals surface area contributed by atoms with Crippen LogP contribution in [-0.4, -0.2) is 23.1 Å². The van der Waals surface area contributed by atoms with E-state index in [-0.39, 0.29) is 25.9 Å². The summed E-state index contributed by atoms with van der Waals surface area (Å²) in [6, 6.07) is 14.9. The molecule has 0 atom stereocenters. The minimum Gasteiger partial charge on any atom is -1.00 e. The van der Waals surface area contributed by atoms with Crippen LogP contribution in [-0.2, 0) is 5.33 Å². The smallest absolute Gasteiger partial charge is 1.00 e. The summed E-state index contributed by atoms with van der Waals surface area (Å²) in [5.74, 6) is 0. The van der Waals surface area contributed by atoms with E-state index in [2.05, 4.69) is 58.4 Å². The van der Waals surface area contributed by atoms with Crippen LogP contribution >= 0.6 is 15.9 Å². The molecular weight excluding hydrogens is 236 g/mol. The molecule has 0 nitrogen and oxygen atoms in total. The van der Waals surface area contributed by atoms with Gasteiger partial charge < -0.3 is 2.85 Å². The normalized spacial score (nSPS) is 9.62. The van der Waals surface area contributed by atoms with Crippen LogP contribution in [0.25, 0.3) is 10.8 Å². The number of hydrogen-bond acceptors (Lipinski definition) is 0. The average molecular weight is 247 g/mol. The van der Waals surface area contributed by atoms with Crippen molar-refractivity contribution in [2.45, 2.75) is 5.33 Å². The summed E-state index contributed by atoms with van der Waals surface area (Å²) in [6.45, 7) is 0. The fourth-order valence-corrected chi connectivity index (χ4v) is 1.67.